The van der Waals surface area contributed by atoms with E-state index in [0.29, 0.717) is 0 Å². The van der Waals surface area contributed by atoms with Crippen LogP contribution in [0.5, 0.6) is 0 Å². The Balaban J connectivity index is 3.76. The SMILES string of the molecule is C=CCN(CC=C)N=CCC. The van der Waals surface area contributed by atoms with Crippen LogP contribution in [0, 0.1) is 0 Å². The van der Waals surface area contributed by atoms with Gasteiger partial charge in [0.1, 0.15) is 0 Å². The molecule has 0 unspecified atom stereocenters. The van der Waals surface area contributed by atoms with E-state index in [0.717, 1.165) is 19.5 Å². The molecule has 0 spiro atoms. The van der Waals surface area contributed by atoms with Crippen LogP contribution < -0.4 is 0 Å². The lowest BCUT2D eigenvalue weighted by atomic mass is 10.5. The van der Waals surface area contributed by atoms with E-state index in [-0.39, 0.29) is 0 Å². The van der Waals surface area contributed by atoms with Crippen LogP contribution in [0.25, 0.3) is 0 Å². The Morgan fingerprint density at radius 3 is 2.18 bits per heavy atom. The molecule has 0 aromatic heterocycles. The molecule has 0 heterocycles. The van der Waals surface area contributed by atoms with E-state index in [9.17, 15) is 0 Å². The Morgan fingerprint density at radius 1 is 1.27 bits per heavy atom. The van der Waals surface area contributed by atoms with E-state index < -0.39 is 0 Å². The Morgan fingerprint density at radius 2 is 1.82 bits per heavy atom. The van der Waals surface area contributed by atoms with Crippen molar-refractivity contribution in [3.8, 4) is 0 Å². The standard InChI is InChI=1S/C9H16N2/c1-4-7-10-11(8-5-2)9-6-3/h5-7H,2-4,8-9H2,1H3. The quantitative estimate of drug-likeness (QED) is 0.323. The second-order valence-corrected chi connectivity index (χ2v) is 2.16. The van der Waals surface area contributed by atoms with Crippen LogP contribution in [0.15, 0.2) is 30.4 Å². The van der Waals surface area contributed by atoms with Gasteiger partial charge in [0.2, 0.25) is 0 Å². The molecule has 0 saturated carbocycles. The summed E-state index contributed by atoms with van der Waals surface area (Å²) in [4.78, 5) is 0. The van der Waals surface area contributed by atoms with Crippen LogP contribution >= 0.6 is 0 Å². The predicted molar refractivity (Wildman–Crippen MR) is 50.8 cm³/mol. The number of nitrogens with zero attached hydrogens (tertiary/aromatic N) is 2. The number of rotatable bonds is 6. The highest BCUT2D eigenvalue weighted by atomic mass is 15.4. The minimum Gasteiger partial charge on any atom is -0.290 e. The molecule has 0 radical (unpaired) electrons. The topological polar surface area (TPSA) is 15.6 Å². The minimum absolute atomic E-state index is 0.780. The summed E-state index contributed by atoms with van der Waals surface area (Å²) in [6.45, 7) is 10.9. The van der Waals surface area contributed by atoms with Gasteiger partial charge in [0.15, 0.2) is 0 Å². The van der Waals surface area contributed by atoms with Crippen molar-refractivity contribution < 1.29 is 0 Å². The molecular weight excluding hydrogens is 136 g/mol. The normalized spacial score (nSPS) is 9.91. The third-order valence-corrected chi connectivity index (χ3v) is 1.11. The maximum absolute atomic E-state index is 4.19. The first-order valence-electron chi connectivity index (χ1n) is 3.84. The summed E-state index contributed by atoms with van der Waals surface area (Å²) < 4.78 is 0. The molecular formula is C9H16N2. The lowest BCUT2D eigenvalue weighted by molar-refractivity contribution is 0.357. The number of hydrogen-bond donors (Lipinski definition) is 0. The van der Waals surface area contributed by atoms with Crippen molar-refractivity contribution in [2.45, 2.75) is 13.3 Å². The van der Waals surface area contributed by atoms with Gasteiger partial charge in [-0.25, -0.2) is 0 Å². The first kappa shape index (κ1) is 9.95. The number of hydrogen-bond acceptors (Lipinski definition) is 2. The Labute approximate surface area is 68.9 Å². The van der Waals surface area contributed by atoms with Crippen LogP contribution in [0.3, 0.4) is 0 Å². The molecule has 0 saturated heterocycles. The van der Waals surface area contributed by atoms with Crippen LogP contribution in [-0.2, 0) is 0 Å². The molecule has 2 heteroatoms. The van der Waals surface area contributed by atoms with Crippen molar-refractivity contribution in [3.63, 3.8) is 0 Å². The Hall–Kier alpha value is -1.05. The van der Waals surface area contributed by atoms with Crippen molar-refractivity contribution >= 4 is 6.21 Å². The van der Waals surface area contributed by atoms with Crippen LogP contribution in [0.1, 0.15) is 13.3 Å². The third kappa shape index (κ3) is 5.40. The third-order valence-electron chi connectivity index (χ3n) is 1.11. The fraction of sp³-hybridized carbons (Fsp3) is 0.444. The Bertz CT molecular complexity index is 128. The van der Waals surface area contributed by atoms with Gasteiger partial charge >= 0.3 is 0 Å². The minimum atomic E-state index is 0.780. The summed E-state index contributed by atoms with van der Waals surface area (Å²) in [5.74, 6) is 0. The van der Waals surface area contributed by atoms with Gasteiger partial charge < -0.3 is 0 Å². The molecule has 2 nitrogen and oxygen atoms in total. The van der Waals surface area contributed by atoms with E-state index in [4.69, 9.17) is 0 Å². The Kier molecular flexibility index (Phi) is 6.39. The zero-order valence-corrected chi connectivity index (χ0v) is 7.16. The zero-order valence-electron chi connectivity index (χ0n) is 7.16. The molecule has 0 aliphatic rings. The van der Waals surface area contributed by atoms with Crippen molar-refractivity contribution in [1.82, 2.24) is 5.01 Å². The first-order chi connectivity index (χ1) is 5.35. The summed E-state index contributed by atoms with van der Waals surface area (Å²) in [5, 5.41) is 6.09. The van der Waals surface area contributed by atoms with E-state index >= 15 is 0 Å². The average molecular weight is 152 g/mol. The molecule has 0 atom stereocenters. The van der Waals surface area contributed by atoms with Gasteiger partial charge in [0.25, 0.3) is 0 Å². The van der Waals surface area contributed by atoms with Crippen LogP contribution in [0.2, 0.25) is 0 Å². The van der Waals surface area contributed by atoms with Gasteiger partial charge in [-0.2, -0.15) is 5.10 Å². The molecule has 0 amide bonds. The van der Waals surface area contributed by atoms with Crippen molar-refractivity contribution in [2.75, 3.05) is 13.1 Å². The van der Waals surface area contributed by atoms with Gasteiger partial charge in [0, 0.05) is 6.21 Å². The fourth-order valence-corrected chi connectivity index (χ4v) is 0.664. The van der Waals surface area contributed by atoms with Gasteiger partial charge in [-0.05, 0) is 6.42 Å². The van der Waals surface area contributed by atoms with Gasteiger partial charge in [-0.15, -0.1) is 13.2 Å². The molecule has 0 N–H and O–H groups in total. The monoisotopic (exact) mass is 152 g/mol. The molecule has 0 bridgehead atoms. The molecule has 0 aromatic carbocycles. The van der Waals surface area contributed by atoms with Crippen LogP contribution in [-0.4, -0.2) is 24.3 Å². The molecule has 0 aromatic rings. The summed E-state index contributed by atoms with van der Waals surface area (Å²) in [5.41, 5.74) is 0. The summed E-state index contributed by atoms with van der Waals surface area (Å²) >= 11 is 0. The van der Waals surface area contributed by atoms with Gasteiger partial charge in [0.05, 0.1) is 13.1 Å². The maximum atomic E-state index is 4.19. The largest absolute Gasteiger partial charge is 0.290 e. The van der Waals surface area contributed by atoms with Crippen molar-refractivity contribution in [1.29, 1.82) is 0 Å². The van der Waals surface area contributed by atoms with Crippen LogP contribution in [0.4, 0.5) is 0 Å². The fourth-order valence-electron chi connectivity index (χ4n) is 0.664. The van der Waals surface area contributed by atoms with E-state index in [1.807, 2.05) is 23.4 Å². The highest BCUT2D eigenvalue weighted by Gasteiger charge is 1.90. The molecule has 62 valence electrons. The van der Waals surface area contributed by atoms with E-state index in [1.165, 1.54) is 0 Å². The summed E-state index contributed by atoms with van der Waals surface area (Å²) in [7, 11) is 0. The average Bonchev–Trinajstić information content (AvgIpc) is 2.01. The van der Waals surface area contributed by atoms with E-state index in [2.05, 4.69) is 25.2 Å². The first-order valence-corrected chi connectivity index (χ1v) is 3.84. The van der Waals surface area contributed by atoms with Gasteiger partial charge in [-0.1, -0.05) is 19.1 Å². The molecule has 0 fully saturated rings. The number of hydrazone groups is 1. The second-order valence-electron chi connectivity index (χ2n) is 2.16. The molecule has 11 heavy (non-hydrogen) atoms. The van der Waals surface area contributed by atoms with E-state index in [1.54, 1.807) is 0 Å². The lowest BCUT2D eigenvalue weighted by Crippen LogP contribution is -2.17. The summed E-state index contributed by atoms with van der Waals surface area (Å²) in [6, 6.07) is 0. The zero-order chi connectivity index (χ0) is 8.53. The van der Waals surface area contributed by atoms with Gasteiger partial charge in [-0.3, -0.25) is 5.01 Å². The smallest absolute Gasteiger partial charge is 0.0542 e. The molecule has 0 aliphatic heterocycles. The highest BCUT2D eigenvalue weighted by Crippen LogP contribution is 1.89. The summed E-state index contributed by atoms with van der Waals surface area (Å²) in [6.07, 6.45) is 6.50. The second kappa shape index (κ2) is 7.06. The highest BCUT2D eigenvalue weighted by molar-refractivity contribution is 5.56. The maximum Gasteiger partial charge on any atom is 0.0542 e. The lowest BCUT2D eigenvalue weighted by Gasteiger charge is -2.13. The molecule has 0 rings (SSSR count). The van der Waals surface area contributed by atoms with Crippen molar-refractivity contribution in [2.24, 2.45) is 5.10 Å². The van der Waals surface area contributed by atoms with Crippen molar-refractivity contribution in [3.05, 3.63) is 25.3 Å². The predicted octanol–water partition coefficient (Wildman–Crippen LogP) is 2.06. The molecule has 0 aliphatic carbocycles.